The van der Waals surface area contributed by atoms with E-state index in [-0.39, 0.29) is 38.0 Å². The van der Waals surface area contributed by atoms with Gasteiger partial charge in [0.25, 0.3) is 5.91 Å². The number of benzene rings is 2. The Morgan fingerprint density at radius 3 is 2.00 bits per heavy atom. The van der Waals surface area contributed by atoms with Gasteiger partial charge in [0.2, 0.25) is 5.91 Å². The molecule has 0 bridgehead atoms. The molecule has 1 fully saturated rings. The highest BCUT2D eigenvalue weighted by Gasteiger charge is 2.39. The number of hydrogen-bond acceptors (Lipinski definition) is 2. The summed E-state index contributed by atoms with van der Waals surface area (Å²) in [5, 5.41) is 0. The molecule has 33 heavy (non-hydrogen) atoms. The third-order valence-electron chi connectivity index (χ3n) is 5.55. The third-order valence-corrected chi connectivity index (χ3v) is 5.55. The van der Waals surface area contributed by atoms with Crippen molar-refractivity contribution in [2.75, 3.05) is 19.6 Å². The molecule has 0 N–H and O–H groups in total. The highest BCUT2D eigenvalue weighted by Crippen LogP contribution is 2.36. The number of halogens is 6. The van der Waals surface area contributed by atoms with Crippen LogP contribution in [0.2, 0.25) is 0 Å². The van der Waals surface area contributed by atoms with Gasteiger partial charge in [-0.15, -0.1) is 0 Å². The maximum absolute atomic E-state index is 13.2. The summed E-state index contributed by atoms with van der Waals surface area (Å²) in [6.07, 6.45) is -9.56. The first-order valence-corrected chi connectivity index (χ1v) is 10.3. The highest BCUT2D eigenvalue weighted by molar-refractivity contribution is 5.95. The first-order valence-electron chi connectivity index (χ1n) is 10.3. The maximum atomic E-state index is 13.2. The van der Waals surface area contributed by atoms with E-state index in [4.69, 9.17) is 0 Å². The van der Waals surface area contributed by atoms with Crippen molar-refractivity contribution in [1.82, 2.24) is 9.80 Å². The first-order chi connectivity index (χ1) is 15.4. The number of nitrogens with zero attached hydrogens (tertiary/aromatic N) is 2. The van der Waals surface area contributed by atoms with Gasteiger partial charge >= 0.3 is 12.4 Å². The molecule has 1 heterocycles. The zero-order chi connectivity index (χ0) is 24.4. The van der Waals surface area contributed by atoms with Gasteiger partial charge < -0.3 is 9.80 Å². The number of amides is 2. The summed E-state index contributed by atoms with van der Waals surface area (Å²) in [7, 11) is 0. The SMILES string of the molecule is CCC(=O)N1CCN(C(=O)c2cc(C(F)(F)F)cc(C(F)(F)F)c2)C(Cc2ccccc2)C1. The number of carbonyl (C=O) groups excluding carboxylic acids is 2. The van der Waals surface area contributed by atoms with Gasteiger partial charge in [0.1, 0.15) is 0 Å². The molecule has 0 saturated carbocycles. The minimum atomic E-state index is -5.05. The van der Waals surface area contributed by atoms with Gasteiger partial charge in [0, 0.05) is 31.6 Å². The van der Waals surface area contributed by atoms with Crippen LogP contribution in [0.4, 0.5) is 26.3 Å². The molecule has 0 aromatic heterocycles. The fourth-order valence-corrected chi connectivity index (χ4v) is 3.88. The molecule has 1 aliphatic heterocycles. The molecule has 2 aromatic carbocycles. The van der Waals surface area contributed by atoms with Crippen molar-refractivity contribution in [2.24, 2.45) is 0 Å². The Morgan fingerprint density at radius 1 is 0.909 bits per heavy atom. The predicted octanol–water partition coefficient (Wildman–Crippen LogP) is 5.03. The second kappa shape index (κ2) is 9.44. The average molecular weight is 472 g/mol. The van der Waals surface area contributed by atoms with Gasteiger partial charge in [-0.2, -0.15) is 26.3 Å². The lowest BCUT2D eigenvalue weighted by Crippen LogP contribution is -2.57. The second-order valence-corrected chi connectivity index (χ2v) is 7.83. The van der Waals surface area contributed by atoms with Crippen LogP contribution in [0.5, 0.6) is 0 Å². The molecule has 178 valence electrons. The molecule has 1 saturated heterocycles. The van der Waals surface area contributed by atoms with Crippen molar-refractivity contribution in [3.8, 4) is 0 Å². The van der Waals surface area contributed by atoms with E-state index in [1.54, 1.807) is 42.2 Å². The highest BCUT2D eigenvalue weighted by atomic mass is 19.4. The van der Waals surface area contributed by atoms with Gasteiger partial charge in [-0.25, -0.2) is 0 Å². The van der Waals surface area contributed by atoms with E-state index in [0.29, 0.717) is 18.6 Å². The van der Waals surface area contributed by atoms with Crippen LogP contribution in [0.1, 0.15) is 40.4 Å². The lowest BCUT2D eigenvalue weighted by Gasteiger charge is -2.41. The molecule has 2 aromatic rings. The van der Waals surface area contributed by atoms with Crippen LogP contribution in [0.3, 0.4) is 0 Å². The summed E-state index contributed by atoms with van der Waals surface area (Å²) in [5.41, 5.74) is -2.95. The van der Waals surface area contributed by atoms with E-state index in [9.17, 15) is 35.9 Å². The molecule has 0 spiro atoms. The van der Waals surface area contributed by atoms with Crippen LogP contribution in [-0.4, -0.2) is 47.3 Å². The molecule has 10 heteroatoms. The summed E-state index contributed by atoms with van der Waals surface area (Å²) >= 11 is 0. The summed E-state index contributed by atoms with van der Waals surface area (Å²) in [4.78, 5) is 28.2. The van der Waals surface area contributed by atoms with Crippen molar-refractivity contribution in [1.29, 1.82) is 0 Å². The Labute approximate surface area is 186 Å². The minimum Gasteiger partial charge on any atom is -0.339 e. The Kier molecular flexibility index (Phi) is 7.04. The molecule has 0 radical (unpaired) electrons. The largest absolute Gasteiger partial charge is 0.416 e. The number of alkyl halides is 6. The van der Waals surface area contributed by atoms with E-state index in [2.05, 4.69) is 0 Å². The Balaban J connectivity index is 1.98. The monoisotopic (exact) mass is 472 g/mol. The van der Waals surface area contributed by atoms with E-state index < -0.39 is 41.0 Å². The molecular formula is C23H22F6N2O2. The molecule has 0 aliphatic carbocycles. The average Bonchev–Trinajstić information content (AvgIpc) is 2.77. The molecular weight excluding hydrogens is 450 g/mol. The van der Waals surface area contributed by atoms with Gasteiger partial charge in [0.05, 0.1) is 17.2 Å². The fraction of sp³-hybridized carbons (Fsp3) is 0.391. The Morgan fingerprint density at radius 2 is 1.48 bits per heavy atom. The summed E-state index contributed by atoms with van der Waals surface area (Å²) in [5.74, 6) is -1.07. The fourth-order valence-electron chi connectivity index (χ4n) is 3.88. The second-order valence-electron chi connectivity index (χ2n) is 7.83. The Bertz CT molecular complexity index is 972. The zero-order valence-corrected chi connectivity index (χ0v) is 17.7. The Hall–Kier alpha value is -3.04. The number of piperazine rings is 1. The van der Waals surface area contributed by atoms with Crippen molar-refractivity contribution in [3.63, 3.8) is 0 Å². The first kappa shape index (κ1) is 24.6. The lowest BCUT2D eigenvalue weighted by molar-refractivity contribution is -0.143. The molecule has 1 aliphatic rings. The van der Waals surface area contributed by atoms with Crippen molar-refractivity contribution >= 4 is 11.8 Å². The summed E-state index contributed by atoms with van der Waals surface area (Å²) in [6, 6.07) is 9.24. The molecule has 2 amide bonds. The lowest BCUT2D eigenvalue weighted by atomic mass is 9.99. The van der Waals surface area contributed by atoms with E-state index in [1.165, 1.54) is 4.90 Å². The normalized spacial score (nSPS) is 17.2. The maximum Gasteiger partial charge on any atom is 0.416 e. The molecule has 3 rings (SSSR count). The molecule has 4 nitrogen and oxygen atoms in total. The van der Waals surface area contributed by atoms with Crippen LogP contribution in [0.15, 0.2) is 48.5 Å². The van der Waals surface area contributed by atoms with Crippen molar-refractivity contribution in [3.05, 3.63) is 70.8 Å². The number of hydrogen-bond donors (Lipinski definition) is 0. The van der Waals surface area contributed by atoms with Crippen LogP contribution in [0.25, 0.3) is 0 Å². The summed E-state index contributed by atoms with van der Waals surface area (Å²) in [6.45, 7) is 1.97. The number of rotatable bonds is 4. The van der Waals surface area contributed by atoms with Gasteiger partial charge in [0.15, 0.2) is 0 Å². The summed E-state index contributed by atoms with van der Waals surface area (Å²) < 4.78 is 79.5. The third kappa shape index (κ3) is 5.85. The molecule has 1 atom stereocenters. The number of carbonyl (C=O) groups is 2. The van der Waals surface area contributed by atoms with Crippen LogP contribution < -0.4 is 0 Å². The van der Waals surface area contributed by atoms with E-state index >= 15 is 0 Å². The van der Waals surface area contributed by atoms with Crippen molar-refractivity contribution in [2.45, 2.75) is 38.2 Å². The van der Waals surface area contributed by atoms with E-state index in [0.717, 1.165) is 5.56 Å². The molecule has 1 unspecified atom stereocenters. The van der Waals surface area contributed by atoms with Gasteiger partial charge in [-0.1, -0.05) is 37.3 Å². The zero-order valence-electron chi connectivity index (χ0n) is 17.7. The van der Waals surface area contributed by atoms with Crippen LogP contribution >= 0.6 is 0 Å². The predicted molar refractivity (Wildman–Crippen MR) is 108 cm³/mol. The minimum absolute atomic E-state index is 0.000327. The van der Waals surface area contributed by atoms with Crippen LogP contribution in [0, 0.1) is 0 Å². The van der Waals surface area contributed by atoms with E-state index in [1.807, 2.05) is 0 Å². The van der Waals surface area contributed by atoms with Gasteiger partial charge in [-0.3, -0.25) is 9.59 Å². The standard InChI is InChI=1S/C23H22F6N2O2/c1-2-20(32)30-8-9-31(19(14-30)10-15-6-4-3-5-7-15)21(33)16-11-17(22(24,25)26)13-18(12-16)23(27,28)29/h3-7,11-13,19H,2,8-10,14H2,1H3. The topological polar surface area (TPSA) is 40.6 Å². The van der Waals surface area contributed by atoms with Crippen LogP contribution in [-0.2, 0) is 23.6 Å². The quantitative estimate of drug-likeness (QED) is 0.586. The van der Waals surface area contributed by atoms with Crippen molar-refractivity contribution < 1.29 is 35.9 Å². The smallest absolute Gasteiger partial charge is 0.339 e. The van der Waals surface area contributed by atoms with Gasteiger partial charge in [-0.05, 0) is 30.2 Å².